The van der Waals surface area contributed by atoms with Crippen molar-refractivity contribution < 1.29 is 14.3 Å². The van der Waals surface area contributed by atoms with Crippen molar-refractivity contribution in [2.75, 3.05) is 57.1 Å². The molecule has 1 aromatic carbocycles. The summed E-state index contributed by atoms with van der Waals surface area (Å²) in [5.74, 6) is 0.848. The van der Waals surface area contributed by atoms with E-state index in [0.717, 1.165) is 38.5 Å². The fourth-order valence-electron chi connectivity index (χ4n) is 2.81. The highest BCUT2D eigenvalue weighted by molar-refractivity contribution is 6.03. The average Bonchev–Trinajstić information content (AvgIpc) is 2.68. The van der Waals surface area contributed by atoms with Gasteiger partial charge in [-0.05, 0) is 25.1 Å². The van der Waals surface area contributed by atoms with Crippen LogP contribution in [-0.4, -0.2) is 67.3 Å². The first kappa shape index (κ1) is 19.1. The molecule has 0 aliphatic carbocycles. The zero-order valence-electron chi connectivity index (χ0n) is 15.7. The van der Waals surface area contributed by atoms with Gasteiger partial charge in [0.2, 0.25) is 5.95 Å². The first-order valence-electron chi connectivity index (χ1n) is 8.99. The normalized spacial score (nSPS) is 14.6. The van der Waals surface area contributed by atoms with Crippen LogP contribution in [0.2, 0.25) is 0 Å². The van der Waals surface area contributed by atoms with Crippen molar-refractivity contribution >= 4 is 17.5 Å². The Bertz CT molecular complexity index is 778. The quantitative estimate of drug-likeness (QED) is 0.767. The summed E-state index contributed by atoms with van der Waals surface area (Å²) in [6, 6.07) is 8.87. The number of morpholine rings is 1. The number of carbonyl (C=O) groups excluding carboxylic acids is 1. The molecule has 1 fully saturated rings. The Morgan fingerprint density at radius 2 is 2.07 bits per heavy atom. The first-order valence-corrected chi connectivity index (χ1v) is 8.99. The molecule has 1 aliphatic heterocycles. The first-order chi connectivity index (χ1) is 13.1. The summed E-state index contributed by atoms with van der Waals surface area (Å²) in [5, 5.41) is 6.04. The van der Waals surface area contributed by atoms with E-state index in [1.807, 2.05) is 19.1 Å². The van der Waals surface area contributed by atoms with Gasteiger partial charge in [-0.1, -0.05) is 6.07 Å². The molecule has 2 aromatic rings. The Morgan fingerprint density at radius 1 is 1.26 bits per heavy atom. The molecule has 1 amide bonds. The molecule has 3 rings (SSSR count). The summed E-state index contributed by atoms with van der Waals surface area (Å²) in [6.45, 7) is 6.85. The molecule has 0 spiro atoms. The van der Waals surface area contributed by atoms with Crippen molar-refractivity contribution in [3.8, 4) is 5.75 Å². The summed E-state index contributed by atoms with van der Waals surface area (Å²) in [5.41, 5.74) is 1.70. The lowest BCUT2D eigenvalue weighted by Crippen LogP contribution is -2.39. The van der Waals surface area contributed by atoms with E-state index in [9.17, 15) is 4.79 Å². The smallest absolute Gasteiger partial charge is 0.274 e. The fraction of sp³-hybridized carbons (Fsp3) is 0.421. The highest BCUT2D eigenvalue weighted by Crippen LogP contribution is 2.17. The number of amides is 1. The largest absolute Gasteiger partial charge is 0.497 e. The van der Waals surface area contributed by atoms with Crippen LogP contribution in [0.25, 0.3) is 0 Å². The molecule has 2 heterocycles. The van der Waals surface area contributed by atoms with Gasteiger partial charge in [0, 0.05) is 43.6 Å². The molecule has 144 valence electrons. The number of carbonyl (C=O) groups is 1. The minimum absolute atomic E-state index is 0.287. The van der Waals surface area contributed by atoms with Crippen LogP contribution in [0, 0.1) is 6.92 Å². The van der Waals surface area contributed by atoms with Crippen LogP contribution in [0.15, 0.2) is 30.3 Å². The van der Waals surface area contributed by atoms with Gasteiger partial charge in [-0.25, -0.2) is 9.97 Å². The third kappa shape index (κ3) is 5.63. The second kappa shape index (κ2) is 9.29. The number of methoxy groups -OCH3 is 1. The maximum atomic E-state index is 12.5. The zero-order valence-corrected chi connectivity index (χ0v) is 15.7. The second-order valence-electron chi connectivity index (χ2n) is 6.29. The van der Waals surface area contributed by atoms with Crippen molar-refractivity contribution in [2.45, 2.75) is 6.92 Å². The van der Waals surface area contributed by atoms with Crippen LogP contribution >= 0.6 is 0 Å². The van der Waals surface area contributed by atoms with Gasteiger partial charge in [-0.2, -0.15) is 0 Å². The SMILES string of the molecule is COc1cccc(NC(=O)c2cc(C)nc(NCCN3CCOCC3)n2)c1. The molecule has 1 aliphatic rings. The summed E-state index contributed by atoms with van der Waals surface area (Å²) < 4.78 is 10.5. The molecule has 0 unspecified atom stereocenters. The molecule has 1 aromatic heterocycles. The average molecular weight is 371 g/mol. The van der Waals surface area contributed by atoms with E-state index in [1.165, 1.54) is 0 Å². The van der Waals surface area contributed by atoms with E-state index in [-0.39, 0.29) is 5.91 Å². The maximum absolute atomic E-state index is 12.5. The molecule has 0 bridgehead atoms. The number of aromatic nitrogens is 2. The van der Waals surface area contributed by atoms with Gasteiger partial charge >= 0.3 is 0 Å². The van der Waals surface area contributed by atoms with Gasteiger partial charge in [0.25, 0.3) is 5.91 Å². The number of ether oxygens (including phenoxy) is 2. The molecule has 2 N–H and O–H groups in total. The van der Waals surface area contributed by atoms with Crippen LogP contribution in [0.3, 0.4) is 0 Å². The second-order valence-corrected chi connectivity index (χ2v) is 6.29. The lowest BCUT2D eigenvalue weighted by molar-refractivity contribution is 0.0398. The lowest BCUT2D eigenvalue weighted by Gasteiger charge is -2.26. The summed E-state index contributed by atoms with van der Waals surface area (Å²) in [4.78, 5) is 23.6. The molecule has 8 nitrogen and oxygen atoms in total. The third-order valence-corrected chi connectivity index (χ3v) is 4.23. The number of nitrogens with zero attached hydrogens (tertiary/aromatic N) is 3. The predicted octanol–water partition coefficient (Wildman–Crippen LogP) is 1.79. The molecular weight excluding hydrogens is 346 g/mol. The Balaban J connectivity index is 1.60. The number of hydrogen-bond donors (Lipinski definition) is 2. The van der Waals surface area contributed by atoms with E-state index in [1.54, 1.807) is 25.3 Å². The molecule has 27 heavy (non-hydrogen) atoms. The fourth-order valence-corrected chi connectivity index (χ4v) is 2.81. The van der Waals surface area contributed by atoms with E-state index in [2.05, 4.69) is 25.5 Å². The van der Waals surface area contributed by atoms with Gasteiger partial charge in [-0.15, -0.1) is 0 Å². The Morgan fingerprint density at radius 3 is 2.85 bits per heavy atom. The number of aryl methyl sites for hydroxylation is 1. The standard InChI is InChI=1S/C19H25N5O3/c1-14-12-17(18(25)22-15-4-3-5-16(13-15)26-2)23-19(21-14)20-6-7-24-8-10-27-11-9-24/h3-5,12-13H,6-11H2,1-2H3,(H,22,25)(H,20,21,23). The van der Waals surface area contributed by atoms with Crippen molar-refractivity contribution in [2.24, 2.45) is 0 Å². The Labute approximate surface area is 158 Å². The zero-order chi connectivity index (χ0) is 19.1. The van der Waals surface area contributed by atoms with E-state index in [0.29, 0.717) is 29.6 Å². The number of rotatable bonds is 7. The Kier molecular flexibility index (Phi) is 6.56. The predicted molar refractivity (Wildman–Crippen MR) is 103 cm³/mol. The number of anilines is 2. The van der Waals surface area contributed by atoms with Crippen LogP contribution < -0.4 is 15.4 Å². The summed E-state index contributed by atoms with van der Waals surface area (Å²) >= 11 is 0. The van der Waals surface area contributed by atoms with Crippen LogP contribution in [0.4, 0.5) is 11.6 Å². The molecule has 8 heteroatoms. The number of benzene rings is 1. The van der Waals surface area contributed by atoms with Crippen LogP contribution in [-0.2, 0) is 4.74 Å². The minimum Gasteiger partial charge on any atom is -0.497 e. The van der Waals surface area contributed by atoms with Crippen molar-refractivity contribution in [1.82, 2.24) is 14.9 Å². The van der Waals surface area contributed by atoms with Gasteiger partial charge in [0.05, 0.1) is 20.3 Å². The lowest BCUT2D eigenvalue weighted by atomic mass is 10.2. The van der Waals surface area contributed by atoms with Gasteiger partial charge in [-0.3, -0.25) is 9.69 Å². The number of hydrogen-bond acceptors (Lipinski definition) is 7. The highest BCUT2D eigenvalue weighted by atomic mass is 16.5. The van der Waals surface area contributed by atoms with Crippen molar-refractivity contribution in [1.29, 1.82) is 0 Å². The third-order valence-electron chi connectivity index (χ3n) is 4.23. The molecule has 0 saturated carbocycles. The van der Waals surface area contributed by atoms with E-state index < -0.39 is 0 Å². The van der Waals surface area contributed by atoms with Crippen LogP contribution in [0.1, 0.15) is 16.2 Å². The Hall–Kier alpha value is -2.71. The maximum Gasteiger partial charge on any atom is 0.274 e. The van der Waals surface area contributed by atoms with Crippen molar-refractivity contribution in [3.05, 3.63) is 41.7 Å². The topological polar surface area (TPSA) is 88.6 Å². The highest BCUT2D eigenvalue weighted by Gasteiger charge is 2.13. The molecule has 0 atom stereocenters. The summed E-state index contributed by atoms with van der Waals surface area (Å²) in [6.07, 6.45) is 0. The van der Waals surface area contributed by atoms with Gasteiger partial charge in [0.15, 0.2) is 0 Å². The van der Waals surface area contributed by atoms with E-state index >= 15 is 0 Å². The minimum atomic E-state index is -0.287. The summed E-state index contributed by atoms with van der Waals surface area (Å²) in [7, 11) is 1.59. The van der Waals surface area contributed by atoms with Gasteiger partial charge in [0.1, 0.15) is 11.4 Å². The van der Waals surface area contributed by atoms with Gasteiger partial charge < -0.3 is 20.1 Å². The molecular formula is C19H25N5O3. The monoisotopic (exact) mass is 371 g/mol. The van der Waals surface area contributed by atoms with Crippen LogP contribution in [0.5, 0.6) is 5.75 Å². The molecule has 0 radical (unpaired) electrons. The van der Waals surface area contributed by atoms with Crippen molar-refractivity contribution in [3.63, 3.8) is 0 Å². The molecule has 1 saturated heterocycles. The van der Waals surface area contributed by atoms with E-state index in [4.69, 9.17) is 9.47 Å². The number of nitrogens with one attached hydrogen (secondary N) is 2.